The van der Waals surface area contributed by atoms with Gasteiger partial charge in [-0.3, -0.25) is 0 Å². The van der Waals surface area contributed by atoms with E-state index in [9.17, 15) is 5.11 Å². The number of thiophene rings is 1. The number of nitrogens with zero attached hydrogens (tertiary/aromatic N) is 2. The van der Waals surface area contributed by atoms with E-state index in [1.165, 1.54) is 4.88 Å². The number of aromatic nitrogens is 2. The number of aliphatic hydroxyl groups excluding tert-OH is 1. The molecule has 0 spiro atoms. The van der Waals surface area contributed by atoms with E-state index in [-0.39, 0.29) is 0 Å². The Morgan fingerprint density at radius 1 is 1.25 bits per heavy atom. The van der Waals surface area contributed by atoms with Crippen LogP contribution >= 0.6 is 11.3 Å². The number of hydrogen-bond acceptors (Lipinski definition) is 4. The van der Waals surface area contributed by atoms with Gasteiger partial charge in [0.1, 0.15) is 0 Å². The molecule has 1 unspecified atom stereocenters. The second kappa shape index (κ2) is 6.17. The lowest BCUT2D eigenvalue weighted by Crippen LogP contribution is -2.21. The van der Waals surface area contributed by atoms with Gasteiger partial charge in [0.15, 0.2) is 0 Å². The SMILES string of the molecule is OC(COCc1cccs1)Cn1cnc2ccccc21. The van der Waals surface area contributed by atoms with Crippen LogP contribution in [0.2, 0.25) is 0 Å². The zero-order valence-corrected chi connectivity index (χ0v) is 11.8. The fourth-order valence-electron chi connectivity index (χ4n) is 2.13. The first kappa shape index (κ1) is 13.3. The lowest BCUT2D eigenvalue weighted by atomic mass is 10.3. The van der Waals surface area contributed by atoms with Crippen LogP contribution in [0.15, 0.2) is 48.1 Å². The van der Waals surface area contributed by atoms with Gasteiger partial charge in [0.2, 0.25) is 0 Å². The maximum atomic E-state index is 10.0. The van der Waals surface area contributed by atoms with Crippen molar-refractivity contribution in [2.45, 2.75) is 19.3 Å². The van der Waals surface area contributed by atoms with Gasteiger partial charge in [-0.2, -0.15) is 0 Å². The van der Waals surface area contributed by atoms with E-state index in [2.05, 4.69) is 4.98 Å². The molecule has 20 heavy (non-hydrogen) atoms. The van der Waals surface area contributed by atoms with Crippen LogP contribution in [-0.4, -0.2) is 27.4 Å². The first-order valence-electron chi connectivity index (χ1n) is 6.51. The Morgan fingerprint density at radius 2 is 2.15 bits per heavy atom. The fraction of sp³-hybridized carbons (Fsp3) is 0.267. The standard InChI is InChI=1S/C15H16N2O2S/c18-12(9-19-10-13-4-3-7-20-13)8-17-11-16-14-5-1-2-6-15(14)17/h1-7,11-12,18H,8-10H2. The molecule has 2 heterocycles. The minimum atomic E-state index is -0.535. The van der Waals surface area contributed by atoms with Crippen molar-refractivity contribution < 1.29 is 9.84 Å². The number of ether oxygens (including phenoxy) is 1. The molecule has 2 aromatic heterocycles. The second-order valence-corrected chi connectivity index (χ2v) is 5.67. The first-order chi connectivity index (χ1) is 9.83. The van der Waals surface area contributed by atoms with Crippen molar-refractivity contribution in [2.24, 2.45) is 0 Å². The van der Waals surface area contributed by atoms with Gasteiger partial charge in [-0.15, -0.1) is 11.3 Å². The Morgan fingerprint density at radius 3 is 3.00 bits per heavy atom. The molecule has 0 saturated heterocycles. The number of fused-ring (bicyclic) bond motifs is 1. The molecule has 3 rings (SSSR count). The highest BCUT2D eigenvalue weighted by Gasteiger charge is 2.08. The zero-order valence-electron chi connectivity index (χ0n) is 11.0. The van der Waals surface area contributed by atoms with Gasteiger partial charge < -0.3 is 14.4 Å². The van der Waals surface area contributed by atoms with Crippen molar-refractivity contribution in [3.63, 3.8) is 0 Å². The number of imidazole rings is 1. The molecule has 3 aromatic rings. The van der Waals surface area contributed by atoms with Crippen LogP contribution in [0.3, 0.4) is 0 Å². The summed E-state index contributed by atoms with van der Waals surface area (Å²) in [6, 6.07) is 11.9. The molecule has 104 valence electrons. The van der Waals surface area contributed by atoms with Crippen LogP contribution in [0.5, 0.6) is 0 Å². The maximum Gasteiger partial charge on any atom is 0.0959 e. The molecule has 0 saturated carbocycles. The quantitative estimate of drug-likeness (QED) is 0.758. The summed E-state index contributed by atoms with van der Waals surface area (Å²) < 4.78 is 7.48. The highest BCUT2D eigenvalue weighted by Crippen LogP contribution is 2.13. The molecule has 5 heteroatoms. The number of rotatable bonds is 6. The zero-order chi connectivity index (χ0) is 13.8. The molecule has 0 aliphatic heterocycles. The van der Waals surface area contributed by atoms with Gasteiger partial charge in [0, 0.05) is 4.88 Å². The van der Waals surface area contributed by atoms with E-state index in [0.717, 1.165) is 11.0 Å². The highest BCUT2D eigenvalue weighted by atomic mass is 32.1. The van der Waals surface area contributed by atoms with E-state index >= 15 is 0 Å². The summed E-state index contributed by atoms with van der Waals surface area (Å²) in [7, 11) is 0. The third-order valence-electron chi connectivity index (χ3n) is 3.07. The molecule has 1 N–H and O–H groups in total. The van der Waals surface area contributed by atoms with Gasteiger partial charge in [-0.05, 0) is 23.6 Å². The van der Waals surface area contributed by atoms with Crippen LogP contribution in [0.1, 0.15) is 4.88 Å². The van der Waals surface area contributed by atoms with Gasteiger partial charge in [0.25, 0.3) is 0 Å². The van der Waals surface area contributed by atoms with Gasteiger partial charge in [-0.1, -0.05) is 18.2 Å². The third kappa shape index (κ3) is 3.07. The number of aliphatic hydroxyl groups is 1. The maximum absolute atomic E-state index is 10.0. The average Bonchev–Trinajstić information content (AvgIpc) is 3.09. The molecule has 4 nitrogen and oxygen atoms in total. The fourth-order valence-corrected chi connectivity index (χ4v) is 2.77. The van der Waals surface area contributed by atoms with Crippen LogP contribution in [0, 0.1) is 0 Å². The van der Waals surface area contributed by atoms with Crippen molar-refractivity contribution in [1.29, 1.82) is 0 Å². The molecule has 0 aliphatic rings. The van der Waals surface area contributed by atoms with Crippen molar-refractivity contribution >= 4 is 22.4 Å². The summed E-state index contributed by atoms with van der Waals surface area (Å²) in [5, 5.41) is 12.1. The Hall–Kier alpha value is -1.69. The van der Waals surface area contributed by atoms with Crippen molar-refractivity contribution in [1.82, 2.24) is 9.55 Å². The lowest BCUT2D eigenvalue weighted by Gasteiger charge is -2.12. The second-order valence-electron chi connectivity index (χ2n) is 4.63. The summed E-state index contributed by atoms with van der Waals surface area (Å²) in [6.07, 6.45) is 1.22. The highest BCUT2D eigenvalue weighted by molar-refractivity contribution is 7.09. The molecule has 1 atom stereocenters. The molecule has 0 aliphatic carbocycles. The van der Waals surface area contributed by atoms with Crippen LogP contribution in [0.4, 0.5) is 0 Å². The van der Waals surface area contributed by atoms with Gasteiger partial charge in [0.05, 0.1) is 43.2 Å². The number of para-hydroxylation sites is 2. The summed E-state index contributed by atoms with van der Waals surface area (Å²) in [4.78, 5) is 5.48. The molecular weight excluding hydrogens is 272 g/mol. The number of benzene rings is 1. The van der Waals surface area contributed by atoms with Crippen molar-refractivity contribution in [2.75, 3.05) is 6.61 Å². The summed E-state index contributed by atoms with van der Waals surface area (Å²) >= 11 is 1.66. The summed E-state index contributed by atoms with van der Waals surface area (Å²) in [5.74, 6) is 0. The molecule has 1 aromatic carbocycles. The first-order valence-corrected chi connectivity index (χ1v) is 7.39. The molecule has 0 bridgehead atoms. The Kier molecular flexibility index (Phi) is 4.11. The summed E-state index contributed by atoms with van der Waals surface area (Å²) in [6.45, 7) is 1.37. The van der Waals surface area contributed by atoms with Gasteiger partial charge >= 0.3 is 0 Å². The normalized spacial score (nSPS) is 12.8. The largest absolute Gasteiger partial charge is 0.389 e. The summed E-state index contributed by atoms with van der Waals surface area (Å²) in [5.41, 5.74) is 1.98. The van der Waals surface area contributed by atoms with E-state index in [1.807, 2.05) is 46.3 Å². The topological polar surface area (TPSA) is 47.3 Å². The van der Waals surface area contributed by atoms with E-state index in [0.29, 0.717) is 19.8 Å². The predicted octanol–water partition coefficient (Wildman–Crippen LogP) is 2.68. The Labute approximate surface area is 121 Å². The minimum Gasteiger partial charge on any atom is -0.389 e. The minimum absolute atomic E-state index is 0.324. The molecule has 0 fully saturated rings. The predicted molar refractivity (Wildman–Crippen MR) is 79.7 cm³/mol. The van der Waals surface area contributed by atoms with E-state index in [1.54, 1.807) is 17.7 Å². The molecule has 0 amide bonds. The van der Waals surface area contributed by atoms with E-state index in [4.69, 9.17) is 4.74 Å². The third-order valence-corrected chi connectivity index (χ3v) is 3.92. The number of hydrogen-bond donors (Lipinski definition) is 1. The molecule has 0 radical (unpaired) electrons. The van der Waals surface area contributed by atoms with Crippen molar-refractivity contribution in [3.8, 4) is 0 Å². The van der Waals surface area contributed by atoms with Crippen LogP contribution in [0.25, 0.3) is 11.0 Å². The van der Waals surface area contributed by atoms with E-state index < -0.39 is 6.10 Å². The lowest BCUT2D eigenvalue weighted by molar-refractivity contribution is 0.0218. The van der Waals surface area contributed by atoms with Crippen molar-refractivity contribution in [3.05, 3.63) is 53.0 Å². The van der Waals surface area contributed by atoms with Crippen LogP contribution in [-0.2, 0) is 17.9 Å². The van der Waals surface area contributed by atoms with Gasteiger partial charge in [-0.25, -0.2) is 4.98 Å². The monoisotopic (exact) mass is 288 g/mol. The van der Waals surface area contributed by atoms with Crippen LogP contribution < -0.4 is 0 Å². The Balaban J connectivity index is 1.54. The molecular formula is C15H16N2O2S. The Bertz CT molecular complexity index is 663. The average molecular weight is 288 g/mol. The smallest absolute Gasteiger partial charge is 0.0959 e.